The number of unbranched alkanes of at least 4 members (excludes halogenated alkanes) is 24. The highest BCUT2D eigenvalue weighted by Crippen LogP contribution is 2.18. The first-order chi connectivity index (χ1) is 27.8. The summed E-state index contributed by atoms with van der Waals surface area (Å²) in [5.41, 5.74) is 5.58. The lowest BCUT2D eigenvalue weighted by atomic mass is 10.0. The van der Waals surface area contributed by atoms with E-state index >= 15 is 0 Å². The Morgan fingerprint density at radius 3 is 1.47 bits per heavy atom. The van der Waals surface area contributed by atoms with Gasteiger partial charge in [-0.2, -0.15) is 0 Å². The minimum atomic E-state index is -0.789. The SMILES string of the molecule is CCCCCCCCCOC(=O)CCCCCCCN(CCCCCCCC(=O)OC(CCCCCCCC)CCCCCCCC)CCCN/C(N)=N\[N+](=O)[O-]. The van der Waals surface area contributed by atoms with E-state index in [2.05, 4.69) is 36.1 Å². The Morgan fingerprint density at radius 1 is 0.579 bits per heavy atom. The predicted octanol–water partition coefficient (Wildman–Crippen LogP) is 12.2. The third-order valence-electron chi connectivity index (χ3n) is 10.9. The largest absolute Gasteiger partial charge is 0.466 e. The van der Waals surface area contributed by atoms with Crippen molar-refractivity contribution in [1.29, 1.82) is 0 Å². The molecular weight excluding hydrogens is 719 g/mol. The molecule has 0 unspecified atom stereocenters. The van der Waals surface area contributed by atoms with Crippen LogP contribution in [0.4, 0.5) is 0 Å². The van der Waals surface area contributed by atoms with Crippen LogP contribution < -0.4 is 11.1 Å². The third kappa shape index (κ3) is 41.5. The third-order valence-corrected chi connectivity index (χ3v) is 10.9. The molecule has 11 nitrogen and oxygen atoms in total. The Labute approximate surface area is 350 Å². The van der Waals surface area contributed by atoms with Crippen molar-refractivity contribution >= 4 is 17.9 Å². The Kier molecular flexibility index (Phi) is 41.3. The van der Waals surface area contributed by atoms with Gasteiger partial charge in [0.25, 0.3) is 5.96 Å². The number of hydrazone groups is 1. The zero-order valence-corrected chi connectivity index (χ0v) is 37.5. The summed E-state index contributed by atoms with van der Waals surface area (Å²) in [5, 5.41) is 15.7. The summed E-state index contributed by atoms with van der Waals surface area (Å²) in [5.74, 6) is -0.238. The molecule has 0 amide bonds. The molecule has 0 aromatic carbocycles. The van der Waals surface area contributed by atoms with Gasteiger partial charge in [0.15, 0.2) is 5.03 Å². The molecule has 0 saturated carbocycles. The topological polar surface area (TPSA) is 149 Å². The monoisotopic (exact) mass is 810 g/mol. The molecule has 0 fully saturated rings. The molecule has 336 valence electrons. The van der Waals surface area contributed by atoms with Crippen molar-refractivity contribution < 1.29 is 24.1 Å². The van der Waals surface area contributed by atoms with Crippen molar-refractivity contribution in [2.75, 3.05) is 32.8 Å². The van der Waals surface area contributed by atoms with Gasteiger partial charge in [-0.3, -0.25) is 9.59 Å². The number of esters is 2. The fourth-order valence-electron chi connectivity index (χ4n) is 7.38. The van der Waals surface area contributed by atoms with Gasteiger partial charge >= 0.3 is 11.9 Å². The number of guanidine groups is 1. The van der Waals surface area contributed by atoms with Crippen molar-refractivity contribution in [3.63, 3.8) is 0 Å². The maximum Gasteiger partial charge on any atom is 0.306 e. The van der Waals surface area contributed by atoms with Gasteiger partial charge < -0.3 is 25.4 Å². The summed E-state index contributed by atoms with van der Waals surface area (Å²) < 4.78 is 11.5. The van der Waals surface area contributed by atoms with E-state index in [0.717, 1.165) is 129 Å². The van der Waals surface area contributed by atoms with Crippen LogP contribution in [0.5, 0.6) is 0 Å². The molecule has 0 spiro atoms. The van der Waals surface area contributed by atoms with E-state index in [-0.39, 0.29) is 24.0 Å². The minimum absolute atomic E-state index is 0.0145. The minimum Gasteiger partial charge on any atom is -0.466 e. The molecule has 0 radical (unpaired) electrons. The summed E-state index contributed by atoms with van der Waals surface area (Å²) >= 11 is 0. The van der Waals surface area contributed by atoms with Crippen molar-refractivity contribution in [3.05, 3.63) is 10.1 Å². The molecule has 0 saturated heterocycles. The summed E-state index contributed by atoms with van der Waals surface area (Å²) in [6, 6.07) is 0. The second-order valence-electron chi connectivity index (χ2n) is 16.4. The van der Waals surface area contributed by atoms with Gasteiger partial charge in [-0.05, 0) is 83.8 Å². The van der Waals surface area contributed by atoms with Crippen molar-refractivity contribution in [3.8, 4) is 0 Å². The Bertz CT molecular complexity index is 936. The fourth-order valence-corrected chi connectivity index (χ4v) is 7.38. The van der Waals surface area contributed by atoms with Crippen LogP contribution in [0.25, 0.3) is 0 Å². The summed E-state index contributed by atoms with van der Waals surface area (Å²) in [6.45, 7) is 10.7. The number of nitrogens with zero attached hydrogens (tertiary/aromatic N) is 3. The molecule has 57 heavy (non-hydrogen) atoms. The zero-order valence-electron chi connectivity index (χ0n) is 37.5. The summed E-state index contributed by atoms with van der Waals surface area (Å²) in [4.78, 5) is 37.9. The maximum atomic E-state index is 12.8. The van der Waals surface area contributed by atoms with Gasteiger partial charge in [0.05, 0.1) is 6.61 Å². The number of nitrogens with two attached hydrogens (primary N) is 1. The van der Waals surface area contributed by atoms with Crippen LogP contribution in [0, 0.1) is 10.1 Å². The number of hydrogen-bond acceptors (Lipinski definition) is 7. The molecule has 11 heteroatoms. The quantitative estimate of drug-likeness (QED) is 0.0153. The van der Waals surface area contributed by atoms with Gasteiger partial charge in [-0.15, -0.1) is 0 Å². The lowest BCUT2D eigenvalue weighted by molar-refractivity contribution is -0.485. The summed E-state index contributed by atoms with van der Waals surface area (Å²) in [6.07, 6.45) is 38.2. The van der Waals surface area contributed by atoms with Crippen LogP contribution >= 0.6 is 0 Å². The number of ether oxygens (including phenoxy) is 2. The van der Waals surface area contributed by atoms with Crippen LogP contribution in [0.2, 0.25) is 0 Å². The van der Waals surface area contributed by atoms with Crippen molar-refractivity contribution in [1.82, 2.24) is 10.2 Å². The standard InChI is InChI=1S/C46H91N5O6/c1-4-7-10-13-16-25-32-42-56-44(52)36-28-21-17-23-30-39-50(41-33-38-48-46(47)49-51(54)55)40-31-24-18-22-29-37-45(53)57-43(34-26-19-14-11-8-5-2)35-27-20-15-12-9-6-3/h43H,4-42H2,1-3H3,(H3,47,48,49). The fraction of sp³-hybridized carbons (Fsp3) is 0.935. The number of carbonyl (C=O) groups excluding carboxylic acids is 2. The van der Waals surface area contributed by atoms with Crippen LogP contribution in [0.15, 0.2) is 5.10 Å². The van der Waals surface area contributed by atoms with Gasteiger partial charge in [-0.1, -0.05) is 162 Å². The first kappa shape index (κ1) is 54.6. The second kappa shape index (κ2) is 43.2. The predicted molar refractivity (Wildman–Crippen MR) is 238 cm³/mol. The second-order valence-corrected chi connectivity index (χ2v) is 16.4. The maximum absolute atomic E-state index is 12.8. The van der Waals surface area contributed by atoms with E-state index in [1.54, 1.807) is 0 Å². The number of nitrogens with one attached hydrogen (secondary N) is 1. The Balaban J connectivity index is 4.41. The highest BCUT2D eigenvalue weighted by molar-refractivity contribution is 5.76. The average molecular weight is 810 g/mol. The van der Waals surface area contributed by atoms with Gasteiger partial charge in [0.2, 0.25) is 0 Å². The summed E-state index contributed by atoms with van der Waals surface area (Å²) in [7, 11) is 0. The molecule has 0 aromatic rings. The smallest absolute Gasteiger partial charge is 0.306 e. The molecule has 0 aliphatic carbocycles. The number of hydrogen-bond donors (Lipinski definition) is 2. The first-order valence-electron chi connectivity index (χ1n) is 24.1. The van der Waals surface area contributed by atoms with E-state index in [1.807, 2.05) is 0 Å². The molecular formula is C46H91N5O6. The van der Waals surface area contributed by atoms with Gasteiger partial charge in [0.1, 0.15) is 11.2 Å². The van der Waals surface area contributed by atoms with E-state index in [0.29, 0.717) is 26.0 Å². The van der Waals surface area contributed by atoms with E-state index in [4.69, 9.17) is 15.2 Å². The molecule has 3 N–H and O–H groups in total. The van der Waals surface area contributed by atoms with Crippen LogP contribution in [0.3, 0.4) is 0 Å². The Morgan fingerprint density at radius 2 is 0.982 bits per heavy atom. The highest BCUT2D eigenvalue weighted by atomic mass is 16.7. The normalized spacial score (nSPS) is 11.8. The zero-order chi connectivity index (χ0) is 41.9. The lowest BCUT2D eigenvalue weighted by Gasteiger charge is -2.22. The van der Waals surface area contributed by atoms with Crippen molar-refractivity contribution in [2.45, 2.75) is 245 Å². The van der Waals surface area contributed by atoms with E-state index in [9.17, 15) is 19.7 Å². The number of carbonyl (C=O) groups is 2. The van der Waals surface area contributed by atoms with E-state index < -0.39 is 5.03 Å². The molecule has 0 aromatic heterocycles. The van der Waals surface area contributed by atoms with Gasteiger partial charge in [0, 0.05) is 19.4 Å². The molecule has 0 aliphatic heterocycles. The van der Waals surface area contributed by atoms with Gasteiger partial charge in [-0.25, -0.2) is 10.1 Å². The molecule has 0 heterocycles. The highest BCUT2D eigenvalue weighted by Gasteiger charge is 2.14. The van der Waals surface area contributed by atoms with Crippen molar-refractivity contribution in [2.24, 2.45) is 10.8 Å². The molecule has 0 bridgehead atoms. The van der Waals surface area contributed by atoms with E-state index in [1.165, 1.54) is 96.3 Å². The average Bonchev–Trinajstić information content (AvgIpc) is 3.18. The molecule has 0 rings (SSSR count). The molecule has 0 aliphatic rings. The van der Waals surface area contributed by atoms with Crippen LogP contribution in [0.1, 0.15) is 239 Å². The lowest BCUT2D eigenvalue weighted by Crippen LogP contribution is -2.35. The Hall–Kier alpha value is -2.43. The number of nitro groups is 1. The molecule has 0 atom stereocenters. The number of rotatable bonds is 44. The first-order valence-corrected chi connectivity index (χ1v) is 24.1. The van der Waals surface area contributed by atoms with Crippen LogP contribution in [-0.4, -0.2) is 66.7 Å². The van der Waals surface area contributed by atoms with Crippen LogP contribution in [-0.2, 0) is 19.1 Å².